The fourth-order valence-electron chi connectivity index (χ4n) is 2.32. The van der Waals surface area contributed by atoms with E-state index in [-0.39, 0.29) is 5.91 Å². The van der Waals surface area contributed by atoms with E-state index in [0.29, 0.717) is 18.2 Å². The molecular formula is C18H15BrClNO2S. The van der Waals surface area contributed by atoms with Gasteiger partial charge in [-0.1, -0.05) is 17.7 Å². The molecule has 0 fully saturated rings. The average molecular weight is 425 g/mol. The zero-order chi connectivity index (χ0) is 17.1. The highest BCUT2D eigenvalue weighted by atomic mass is 79.9. The summed E-state index contributed by atoms with van der Waals surface area (Å²) in [6.07, 6.45) is 5.37. The number of halogens is 2. The predicted molar refractivity (Wildman–Crippen MR) is 103 cm³/mol. The van der Waals surface area contributed by atoms with Gasteiger partial charge in [0.25, 0.3) is 0 Å². The van der Waals surface area contributed by atoms with Crippen LogP contribution in [0.4, 0.5) is 0 Å². The highest BCUT2D eigenvalue weighted by Gasteiger charge is 2.11. The molecule has 6 heteroatoms. The minimum Gasteiger partial charge on any atom is -0.488 e. The van der Waals surface area contributed by atoms with Crippen molar-refractivity contribution in [3.05, 3.63) is 67.3 Å². The number of carbonyl (C=O) groups excluding carboxylic acids is 1. The van der Waals surface area contributed by atoms with Crippen molar-refractivity contribution in [3.63, 3.8) is 0 Å². The Bertz CT molecular complexity index is 828. The molecule has 0 saturated carbocycles. The molecule has 0 unspecified atom stereocenters. The van der Waals surface area contributed by atoms with Gasteiger partial charge in [0.15, 0.2) is 0 Å². The fourth-order valence-corrected chi connectivity index (χ4v) is 4.03. The van der Waals surface area contributed by atoms with Crippen LogP contribution in [0.3, 0.4) is 0 Å². The molecule has 124 valence electrons. The van der Waals surface area contributed by atoms with Crippen molar-refractivity contribution in [1.82, 2.24) is 4.90 Å². The number of amides is 1. The van der Waals surface area contributed by atoms with Crippen molar-refractivity contribution >= 4 is 50.9 Å². The molecule has 2 heterocycles. The molecule has 0 spiro atoms. The Morgan fingerprint density at radius 2 is 2.25 bits per heavy atom. The summed E-state index contributed by atoms with van der Waals surface area (Å²) < 4.78 is 6.74. The normalized spacial score (nSPS) is 13.4. The summed E-state index contributed by atoms with van der Waals surface area (Å²) in [6, 6.07) is 9.51. The Balaban J connectivity index is 1.65. The Morgan fingerprint density at radius 3 is 3.00 bits per heavy atom. The van der Waals surface area contributed by atoms with Crippen LogP contribution in [0.2, 0.25) is 5.02 Å². The first-order valence-corrected chi connectivity index (χ1v) is 9.30. The van der Waals surface area contributed by atoms with Crippen LogP contribution in [0, 0.1) is 0 Å². The predicted octanol–water partition coefficient (Wildman–Crippen LogP) is 5.15. The van der Waals surface area contributed by atoms with Crippen LogP contribution in [0.25, 0.3) is 6.08 Å². The van der Waals surface area contributed by atoms with Crippen LogP contribution >= 0.6 is 38.9 Å². The third-order valence-corrected chi connectivity index (χ3v) is 5.39. The number of nitrogens with zero attached hydrogens (tertiary/aromatic N) is 1. The van der Waals surface area contributed by atoms with E-state index in [4.69, 9.17) is 16.3 Å². The van der Waals surface area contributed by atoms with E-state index in [1.807, 2.05) is 30.3 Å². The lowest BCUT2D eigenvalue weighted by atomic mass is 10.1. The van der Waals surface area contributed by atoms with E-state index in [2.05, 4.69) is 15.9 Å². The van der Waals surface area contributed by atoms with E-state index in [1.54, 1.807) is 41.5 Å². The molecule has 3 nitrogen and oxygen atoms in total. The molecule has 0 atom stereocenters. The highest BCUT2D eigenvalue weighted by molar-refractivity contribution is 9.11. The first kappa shape index (κ1) is 17.3. The summed E-state index contributed by atoms with van der Waals surface area (Å²) in [6.45, 7) is 1.04. The second kappa shape index (κ2) is 7.55. The quantitative estimate of drug-likeness (QED) is 0.635. The molecule has 24 heavy (non-hydrogen) atoms. The fraction of sp³-hybridized carbons (Fsp3) is 0.167. The summed E-state index contributed by atoms with van der Waals surface area (Å²) in [7, 11) is 1.79. The lowest BCUT2D eigenvalue weighted by molar-refractivity contribution is -0.125. The maximum Gasteiger partial charge on any atom is 0.246 e. The zero-order valence-electron chi connectivity index (χ0n) is 13.0. The molecule has 3 rings (SSSR count). The lowest BCUT2D eigenvalue weighted by Gasteiger charge is -2.17. The van der Waals surface area contributed by atoms with Gasteiger partial charge in [-0.15, -0.1) is 11.3 Å². The lowest BCUT2D eigenvalue weighted by Crippen LogP contribution is -2.23. The van der Waals surface area contributed by atoms with E-state index in [9.17, 15) is 4.79 Å². The largest absolute Gasteiger partial charge is 0.488 e. The molecular weight excluding hydrogens is 410 g/mol. The van der Waals surface area contributed by atoms with Crippen molar-refractivity contribution < 1.29 is 9.53 Å². The highest BCUT2D eigenvalue weighted by Crippen LogP contribution is 2.29. The van der Waals surface area contributed by atoms with Crippen LogP contribution in [0.1, 0.15) is 10.4 Å². The Kier molecular flexibility index (Phi) is 5.43. The van der Waals surface area contributed by atoms with Gasteiger partial charge in [-0.2, -0.15) is 0 Å². The van der Waals surface area contributed by atoms with Gasteiger partial charge < -0.3 is 9.64 Å². The maximum atomic E-state index is 12.2. The second-order valence-electron chi connectivity index (χ2n) is 5.42. The number of thiophene rings is 1. The standard InChI is InChI=1S/C18H15BrClNO2S/c1-21(10-15-4-6-17(19)24-15)18(22)7-2-12-8-13-9-14(20)3-5-16(13)23-11-12/h2-9H,10-11H2,1H3/b7-2+. The van der Waals surface area contributed by atoms with E-state index < -0.39 is 0 Å². The minimum absolute atomic E-state index is 0.0442. The van der Waals surface area contributed by atoms with Gasteiger partial charge in [0.05, 0.1) is 10.3 Å². The first-order chi connectivity index (χ1) is 11.5. The van der Waals surface area contributed by atoms with E-state index in [0.717, 1.165) is 25.5 Å². The van der Waals surface area contributed by atoms with Gasteiger partial charge >= 0.3 is 0 Å². The van der Waals surface area contributed by atoms with Crippen LogP contribution in [0.5, 0.6) is 5.75 Å². The van der Waals surface area contributed by atoms with Gasteiger partial charge in [-0.3, -0.25) is 4.79 Å². The minimum atomic E-state index is -0.0442. The van der Waals surface area contributed by atoms with Gasteiger partial charge in [0.2, 0.25) is 5.91 Å². The molecule has 0 bridgehead atoms. The number of fused-ring (bicyclic) bond motifs is 1. The molecule has 0 N–H and O–H groups in total. The van der Waals surface area contributed by atoms with Crippen LogP contribution in [-0.4, -0.2) is 24.5 Å². The van der Waals surface area contributed by atoms with Gasteiger partial charge in [-0.25, -0.2) is 0 Å². The van der Waals surface area contributed by atoms with Crippen molar-refractivity contribution in [2.45, 2.75) is 6.54 Å². The SMILES string of the molecule is CN(Cc1ccc(Br)s1)C(=O)/C=C/C1=Cc2cc(Cl)ccc2OC1. The Labute approximate surface area is 158 Å². The number of carbonyl (C=O) groups is 1. The van der Waals surface area contributed by atoms with E-state index >= 15 is 0 Å². The molecule has 0 radical (unpaired) electrons. The van der Waals surface area contributed by atoms with Crippen LogP contribution < -0.4 is 4.74 Å². The van der Waals surface area contributed by atoms with Crippen molar-refractivity contribution in [1.29, 1.82) is 0 Å². The Hall–Kier alpha value is -1.56. The number of hydrogen-bond acceptors (Lipinski definition) is 3. The summed E-state index contributed by atoms with van der Waals surface area (Å²) in [5, 5.41) is 0.664. The summed E-state index contributed by atoms with van der Waals surface area (Å²) >= 11 is 11.1. The van der Waals surface area contributed by atoms with Gasteiger partial charge in [0.1, 0.15) is 12.4 Å². The third-order valence-electron chi connectivity index (χ3n) is 3.55. The van der Waals surface area contributed by atoms with Gasteiger partial charge in [0, 0.05) is 28.6 Å². The maximum absolute atomic E-state index is 12.2. The molecule has 1 aromatic carbocycles. The smallest absolute Gasteiger partial charge is 0.246 e. The average Bonchev–Trinajstić information content (AvgIpc) is 2.97. The van der Waals surface area contributed by atoms with Crippen molar-refractivity contribution in [2.75, 3.05) is 13.7 Å². The van der Waals surface area contributed by atoms with Gasteiger partial charge in [-0.05, 0) is 57.9 Å². The molecule has 1 aromatic heterocycles. The summed E-state index contributed by atoms with van der Waals surface area (Å²) in [5.41, 5.74) is 1.86. The van der Waals surface area contributed by atoms with Crippen LogP contribution in [-0.2, 0) is 11.3 Å². The first-order valence-electron chi connectivity index (χ1n) is 7.31. The molecule has 1 aliphatic heterocycles. The van der Waals surface area contributed by atoms with Crippen molar-refractivity contribution in [2.24, 2.45) is 0 Å². The molecule has 0 aliphatic carbocycles. The monoisotopic (exact) mass is 423 g/mol. The van der Waals surface area contributed by atoms with Crippen molar-refractivity contribution in [3.8, 4) is 5.75 Å². The van der Waals surface area contributed by atoms with E-state index in [1.165, 1.54) is 0 Å². The molecule has 0 saturated heterocycles. The molecule has 1 amide bonds. The number of benzene rings is 1. The summed E-state index contributed by atoms with van der Waals surface area (Å²) in [5.74, 6) is 0.764. The number of ether oxygens (including phenoxy) is 1. The number of rotatable bonds is 4. The zero-order valence-corrected chi connectivity index (χ0v) is 16.1. The molecule has 2 aromatic rings. The third kappa shape index (κ3) is 4.29. The second-order valence-corrected chi connectivity index (χ2v) is 8.41. The Morgan fingerprint density at radius 1 is 1.42 bits per heavy atom. The molecule has 1 aliphatic rings. The topological polar surface area (TPSA) is 29.5 Å². The number of likely N-dealkylation sites (N-methyl/N-ethyl adjacent to an activating group) is 1. The summed E-state index contributed by atoms with van der Waals surface area (Å²) in [4.78, 5) is 15.1. The van der Waals surface area contributed by atoms with Crippen LogP contribution in [0.15, 0.2) is 51.8 Å². The number of hydrogen-bond donors (Lipinski definition) is 0.